The van der Waals surface area contributed by atoms with Gasteiger partial charge in [-0.3, -0.25) is 0 Å². The zero-order chi connectivity index (χ0) is 12.8. The summed E-state index contributed by atoms with van der Waals surface area (Å²) in [6, 6.07) is 0.541. The van der Waals surface area contributed by atoms with Gasteiger partial charge >= 0.3 is 5.97 Å². The van der Waals surface area contributed by atoms with Crippen LogP contribution in [0, 0.1) is 0 Å². The monoisotopic (exact) mass is 242 g/mol. The van der Waals surface area contributed by atoms with Crippen molar-refractivity contribution in [2.24, 2.45) is 0 Å². The van der Waals surface area contributed by atoms with Crippen LogP contribution in [0.25, 0.3) is 0 Å². The van der Waals surface area contributed by atoms with E-state index in [4.69, 9.17) is 14.3 Å². The van der Waals surface area contributed by atoms with Gasteiger partial charge in [0.1, 0.15) is 6.26 Å². The molecule has 0 aromatic carbocycles. The number of hydrogen-bond donors (Lipinski definition) is 1. The molecule has 1 aromatic heterocycles. The van der Waals surface area contributed by atoms with E-state index in [1.54, 1.807) is 7.11 Å². The van der Waals surface area contributed by atoms with E-state index in [0.717, 1.165) is 12.7 Å². The molecule has 0 fully saturated rings. The number of carbonyl (C=O) groups is 1. The molecule has 1 atom stereocenters. The Hall–Kier alpha value is -1.56. The summed E-state index contributed by atoms with van der Waals surface area (Å²) < 4.78 is 10.2. The smallest absolute Gasteiger partial charge is 0.357 e. The van der Waals surface area contributed by atoms with E-state index in [9.17, 15) is 4.79 Å². The maximum Gasteiger partial charge on any atom is 0.357 e. The van der Waals surface area contributed by atoms with Crippen molar-refractivity contribution in [1.29, 1.82) is 0 Å². The van der Waals surface area contributed by atoms with Gasteiger partial charge in [-0.25, -0.2) is 4.79 Å². The van der Waals surface area contributed by atoms with Crippen LogP contribution in [0.3, 0.4) is 0 Å². The predicted octanol–water partition coefficient (Wildman–Crippen LogP) is 1.62. The maximum absolute atomic E-state index is 10.7. The van der Waals surface area contributed by atoms with Crippen LogP contribution < -0.4 is 4.90 Å². The van der Waals surface area contributed by atoms with Gasteiger partial charge in [0.15, 0.2) is 5.69 Å². The van der Waals surface area contributed by atoms with Crippen LogP contribution in [0.15, 0.2) is 10.7 Å². The average Bonchev–Trinajstić information content (AvgIpc) is 2.78. The quantitative estimate of drug-likeness (QED) is 0.783. The molecule has 1 aromatic rings. The van der Waals surface area contributed by atoms with Gasteiger partial charge in [-0.05, 0) is 13.3 Å². The number of carboxylic acids is 1. The lowest BCUT2D eigenvalue weighted by Gasteiger charge is -2.26. The van der Waals surface area contributed by atoms with Gasteiger partial charge in [-0.2, -0.15) is 4.98 Å². The van der Waals surface area contributed by atoms with E-state index in [1.807, 2.05) is 18.7 Å². The number of aromatic nitrogens is 1. The van der Waals surface area contributed by atoms with Crippen molar-refractivity contribution in [2.75, 3.05) is 25.2 Å². The Kier molecular flexibility index (Phi) is 4.96. The Labute approximate surface area is 100 Å². The molecule has 0 aliphatic rings. The molecule has 0 saturated carbocycles. The van der Waals surface area contributed by atoms with Gasteiger partial charge in [0.2, 0.25) is 0 Å². The fourth-order valence-electron chi connectivity index (χ4n) is 1.41. The third-order valence-electron chi connectivity index (χ3n) is 2.62. The largest absolute Gasteiger partial charge is 0.476 e. The molecule has 0 aliphatic carbocycles. The lowest BCUT2D eigenvalue weighted by molar-refractivity contribution is 0.0690. The SMILES string of the molecule is CCC(C)N(CCOC)c1nc(C(=O)O)co1. The Bertz CT molecular complexity index is 364. The first-order valence-electron chi connectivity index (χ1n) is 5.54. The molecule has 0 aliphatic heterocycles. The molecule has 96 valence electrons. The average molecular weight is 242 g/mol. The minimum atomic E-state index is -1.09. The van der Waals surface area contributed by atoms with Gasteiger partial charge in [-0.1, -0.05) is 6.92 Å². The number of anilines is 1. The number of ether oxygens (including phenoxy) is 1. The van der Waals surface area contributed by atoms with E-state index >= 15 is 0 Å². The van der Waals surface area contributed by atoms with Gasteiger partial charge < -0.3 is 19.2 Å². The summed E-state index contributed by atoms with van der Waals surface area (Å²) in [7, 11) is 1.62. The summed E-state index contributed by atoms with van der Waals surface area (Å²) in [6.07, 6.45) is 2.06. The number of rotatable bonds is 7. The Morgan fingerprint density at radius 1 is 1.71 bits per heavy atom. The second kappa shape index (κ2) is 6.24. The molecule has 0 saturated heterocycles. The molecule has 0 spiro atoms. The molecule has 6 heteroatoms. The van der Waals surface area contributed by atoms with Crippen molar-refractivity contribution in [2.45, 2.75) is 26.3 Å². The van der Waals surface area contributed by atoms with Crippen molar-refractivity contribution in [3.63, 3.8) is 0 Å². The Morgan fingerprint density at radius 3 is 2.88 bits per heavy atom. The molecule has 17 heavy (non-hydrogen) atoms. The van der Waals surface area contributed by atoms with Gasteiger partial charge in [0, 0.05) is 19.7 Å². The van der Waals surface area contributed by atoms with Crippen LogP contribution in [0.5, 0.6) is 0 Å². The second-order valence-corrected chi connectivity index (χ2v) is 3.76. The number of hydrogen-bond acceptors (Lipinski definition) is 5. The predicted molar refractivity (Wildman–Crippen MR) is 62.4 cm³/mol. The fraction of sp³-hybridized carbons (Fsp3) is 0.636. The molecule has 6 nitrogen and oxygen atoms in total. The molecule has 1 heterocycles. The molecule has 1 unspecified atom stereocenters. The molecule has 0 bridgehead atoms. The zero-order valence-electron chi connectivity index (χ0n) is 10.3. The normalized spacial score (nSPS) is 12.4. The third kappa shape index (κ3) is 3.45. The van der Waals surface area contributed by atoms with Crippen LogP contribution in [-0.4, -0.2) is 42.4 Å². The number of nitrogens with zero attached hydrogens (tertiary/aromatic N) is 2. The standard InChI is InChI=1S/C11H18N2O4/c1-4-8(2)13(5-6-16-3)11-12-9(7-17-11)10(14)15/h7-8H,4-6H2,1-3H3,(H,14,15). The van der Waals surface area contributed by atoms with Crippen LogP contribution in [0.2, 0.25) is 0 Å². The lowest BCUT2D eigenvalue weighted by Crippen LogP contribution is -2.35. The van der Waals surface area contributed by atoms with E-state index in [2.05, 4.69) is 4.98 Å². The molecular formula is C11H18N2O4. The minimum absolute atomic E-state index is 0.0780. The molecule has 1 rings (SSSR count). The van der Waals surface area contributed by atoms with E-state index in [-0.39, 0.29) is 11.7 Å². The highest BCUT2D eigenvalue weighted by atomic mass is 16.5. The Morgan fingerprint density at radius 2 is 2.41 bits per heavy atom. The molecule has 0 amide bonds. The summed E-state index contributed by atoms with van der Waals surface area (Å²) in [4.78, 5) is 16.6. The summed E-state index contributed by atoms with van der Waals surface area (Å²) in [5, 5.41) is 8.79. The van der Waals surface area contributed by atoms with Gasteiger partial charge in [-0.15, -0.1) is 0 Å². The van der Waals surface area contributed by atoms with Crippen molar-refractivity contribution in [3.8, 4) is 0 Å². The number of oxazole rings is 1. The highest BCUT2D eigenvalue weighted by Gasteiger charge is 2.19. The summed E-state index contributed by atoms with van der Waals surface area (Å²) in [5.41, 5.74) is -0.0780. The first-order valence-corrected chi connectivity index (χ1v) is 5.54. The first-order chi connectivity index (χ1) is 8.10. The Balaban J connectivity index is 2.83. The number of aromatic carboxylic acids is 1. The molecule has 1 N–H and O–H groups in total. The van der Waals surface area contributed by atoms with E-state index < -0.39 is 5.97 Å². The van der Waals surface area contributed by atoms with Gasteiger partial charge in [0.25, 0.3) is 6.01 Å². The van der Waals surface area contributed by atoms with E-state index in [0.29, 0.717) is 19.2 Å². The summed E-state index contributed by atoms with van der Waals surface area (Å²) in [6.45, 7) is 5.23. The number of methoxy groups -OCH3 is 1. The van der Waals surface area contributed by atoms with Crippen molar-refractivity contribution in [3.05, 3.63) is 12.0 Å². The lowest BCUT2D eigenvalue weighted by atomic mass is 10.2. The van der Waals surface area contributed by atoms with Crippen molar-refractivity contribution < 1.29 is 19.1 Å². The van der Waals surface area contributed by atoms with Crippen LogP contribution in [0.4, 0.5) is 6.01 Å². The topological polar surface area (TPSA) is 75.8 Å². The molecular weight excluding hydrogens is 224 g/mol. The van der Waals surface area contributed by atoms with Crippen LogP contribution in [0.1, 0.15) is 30.8 Å². The third-order valence-corrected chi connectivity index (χ3v) is 2.62. The first kappa shape index (κ1) is 13.5. The summed E-state index contributed by atoms with van der Waals surface area (Å²) in [5.74, 6) is -1.09. The zero-order valence-corrected chi connectivity index (χ0v) is 10.3. The summed E-state index contributed by atoms with van der Waals surface area (Å²) >= 11 is 0. The van der Waals surface area contributed by atoms with Crippen molar-refractivity contribution in [1.82, 2.24) is 4.98 Å². The second-order valence-electron chi connectivity index (χ2n) is 3.76. The van der Waals surface area contributed by atoms with E-state index in [1.165, 1.54) is 0 Å². The van der Waals surface area contributed by atoms with Crippen LogP contribution in [-0.2, 0) is 4.74 Å². The van der Waals surface area contributed by atoms with Crippen LogP contribution >= 0.6 is 0 Å². The molecule has 0 radical (unpaired) electrons. The highest BCUT2D eigenvalue weighted by Crippen LogP contribution is 2.17. The maximum atomic E-state index is 10.7. The van der Waals surface area contributed by atoms with Crippen molar-refractivity contribution >= 4 is 12.0 Å². The number of carboxylic acid groups (broad SMARTS) is 1. The fourth-order valence-corrected chi connectivity index (χ4v) is 1.41. The van der Waals surface area contributed by atoms with Gasteiger partial charge in [0.05, 0.1) is 6.61 Å². The highest BCUT2D eigenvalue weighted by molar-refractivity contribution is 5.85. The minimum Gasteiger partial charge on any atom is -0.476 e.